The van der Waals surface area contributed by atoms with Crippen molar-refractivity contribution in [1.29, 1.82) is 0 Å². The van der Waals surface area contributed by atoms with Crippen LogP contribution < -0.4 is 14.8 Å². The normalized spacial score (nSPS) is 11.4. The minimum absolute atomic E-state index is 0.115. The molecule has 0 saturated carbocycles. The van der Waals surface area contributed by atoms with Gasteiger partial charge in [0.15, 0.2) is 11.5 Å². The highest BCUT2D eigenvalue weighted by atomic mass is 35.5. The van der Waals surface area contributed by atoms with Crippen molar-refractivity contribution in [1.82, 2.24) is 10.2 Å². The molecule has 0 radical (unpaired) electrons. The first-order valence-electron chi connectivity index (χ1n) is 11.0. The molecule has 0 aliphatic heterocycles. The molecule has 1 N–H and O–H groups in total. The topological polar surface area (TPSA) is 67.9 Å². The van der Waals surface area contributed by atoms with E-state index in [2.05, 4.69) is 5.32 Å². The van der Waals surface area contributed by atoms with Crippen LogP contribution in [-0.4, -0.2) is 37.0 Å². The minimum Gasteiger partial charge on any atom is -0.493 e. The van der Waals surface area contributed by atoms with Crippen molar-refractivity contribution in [3.63, 3.8) is 0 Å². The molecule has 0 aromatic heterocycles. The number of carbonyl (C=O) groups excluding carboxylic acids is 2. The smallest absolute Gasteiger partial charge is 0.242 e. The summed E-state index contributed by atoms with van der Waals surface area (Å²) in [5, 5.41) is 3.55. The number of benzene rings is 3. The summed E-state index contributed by atoms with van der Waals surface area (Å²) < 4.78 is 10.6. The van der Waals surface area contributed by atoms with Crippen LogP contribution in [0.3, 0.4) is 0 Å². The van der Waals surface area contributed by atoms with Crippen molar-refractivity contribution in [2.45, 2.75) is 32.5 Å². The number of methoxy groups -OCH3 is 2. The van der Waals surface area contributed by atoms with E-state index in [-0.39, 0.29) is 24.8 Å². The van der Waals surface area contributed by atoms with E-state index < -0.39 is 6.04 Å². The average molecular weight is 481 g/mol. The fraction of sp³-hybridized carbons (Fsp3) is 0.259. The zero-order chi connectivity index (χ0) is 24.5. The maximum atomic E-state index is 13.4. The Morgan fingerprint density at radius 3 is 2.18 bits per heavy atom. The molecule has 2 amide bonds. The van der Waals surface area contributed by atoms with Crippen molar-refractivity contribution in [3.05, 3.63) is 94.5 Å². The third kappa shape index (κ3) is 6.75. The van der Waals surface area contributed by atoms with Gasteiger partial charge in [-0.2, -0.15) is 0 Å². The largest absolute Gasteiger partial charge is 0.493 e. The molecule has 178 valence electrons. The SMILES string of the molecule is COc1ccc(CC(=O)N(Cc2ccc(Cl)cc2)[C@H](C)C(=O)NCc2ccccc2)cc1OC. The van der Waals surface area contributed by atoms with Gasteiger partial charge in [0.05, 0.1) is 20.6 Å². The summed E-state index contributed by atoms with van der Waals surface area (Å²) in [5.74, 6) is 0.735. The summed E-state index contributed by atoms with van der Waals surface area (Å²) in [4.78, 5) is 28.0. The number of nitrogens with one attached hydrogen (secondary N) is 1. The van der Waals surface area contributed by atoms with Crippen LogP contribution in [0, 0.1) is 0 Å². The van der Waals surface area contributed by atoms with Gasteiger partial charge in [-0.3, -0.25) is 9.59 Å². The predicted molar refractivity (Wildman–Crippen MR) is 133 cm³/mol. The molecule has 6 nitrogen and oxygen atoms in total. The molecule has 0 aliphatic rings. The van der Waals surface area contributed by atoms with Crippen LogP contribution in [0.4, 0.5) is 0 Å². The Morgan fingerprint density at radius 2 is 1.53 bits per heavy atom. The number of hydrogen-bond acceptors (Lipinski definition) is 4. The molecule has 0 heterocycles. The van der Waals surface area contributed by atoms with Crippen molar-refractivity contribution >= 4 is 23.4 Å². The molecule has 0 unspecified atom stereocenters. The quantitative estimate of drug-likeness (QED) is 0.459. The van der Waals surface area contributed by atoms with Crippen molar-refractivity contribution in [2.24, 2.45) is 0 Å². The number of hydrogen-bond donors (Lipinski definition) is 1. The molecule has 0 saturated heterocycles. The molecular weight excluding hydrogens is 452 g/mol. The molecule has 0 aliphatic carbocycles. The van der Waals surface area contributed by atoms with Crippen LogP contribution in [0.25, 0.3) is 0 Å². The van der Waals surface area contributed by atoms with Gasteiger partial charge in [0.25, 0.3) is 0 Å². The highest BCUT2D eigenvalue weighted by Gasteiger charge is 2.26. The summed E-state index contributed by atoms with van der Waals surface area (Å²) in [6.45, 7) is 2.41. The maximum absolute atomic E-state index is 13.4. The summed E-state index contributed by atoms with van der Waals surface area (Å²) in [6, 6.07) is 21.6. The summed E-state index contributed by atoms with van der Waals surface area (Å²) in [7, 11) is 3.11. The summed E-state index contributed by atoms with van der Waals surface area (Å²) >= 11 is 6.02. The third-order valence-corrected chi connectivity index (χ3v) is 5.80. The van der Waals surface area contributed by atoms with Crippen LogP contribution >= 0.6 is 11.6 Å². The van der Waals surface area contributed by atoms with E-state index in [4.69, 9.17) is 21.1 Å². The van der Waals surface area contributed by atoms with Crippen molar-refractivity contribution in [2.75, 3.05) is 14.2 Å². The van der Waals surface area contributed by atoms with Crippen LogP contribution in [0.15, 0.2) is 72.8 Å². The molecule has 3 rings (SSSR count). The van der Waals surface area contributed by atoms with E-state index in [1.54, 1.807) is 50.3 Å². The van der Waals surface area contributed by atoms with Gasteiger partial charge >= 0.3 is 0 Å². The Balaban J connectivity index is 1.78. The predicted octanol–water partition coefficient (Wildman–Crippen LogP) is 4.63. The van der Waals surface area contributed by atoms with Crippen LogP contribution in [-0.2, 0) is 29.1 Å². The van der Waals surface area contributed by atoms with E-state index in [1.165, 1.54) is 0 Å². The fourth-order valence-corrected chi connectivity index (χ4v) is 3.69. The molecule has 0 spiro atoms. The zero-order valence-electron chi connectivity index (χ0n) is 19.6. The first-order valence-corrected chi connectivity index (χ1v) is 11.4. The lowest BCUT2D eigenvalue weighted by Gasteiger charge is -2.29. The van der Waals surface area contributed by atoms with Gasteiger partial charge in [-0.1, -0.05) is 60.1 Å². The Bertz CT molecular complexity index is 1100. The Kier molecular flexibility index (Phi) is 8.93. The lowest BCUT2D eigenvalue weighted by atomic mass is 10.1. The fourth-order valence-electron chi connectivity index (χ4n) is 3.57. The molecule has 3 aromatic rings. The molecule has 0 bridgehead atoms. The monoisotopic (exact) mass is 480 g/mol. The molecule has 1 atom stereocenters. The first kappa shape index (κ1) is 25.1. The maximum Gasteiger partial charge on any atom is 0.242 e. The van der Waals surface area contributed by atoms with Crippen molar-refractivity contribution < 1.29 is 19.1 Å². The van der Waals surface area contributed by atoms with E-state index in [1.807, 2.05) is 48.5 Å². The molecular formula is C27H29ClN2O4. The molecule has 7 heteroatoms. The van der Waals surface area contributed by atoms with Gasteiger partial charge in [-0.15, -0.1) is 0 Å². The van der Waals surface area contributed by atoms with E-state index in [0.717, 1.165) is 16.7 Å². The molecule has 34 heavy (non-hydrogen) atoms. The Labute approximate surface area is 205 Å². The number of amides is 2. The number of halogens is 1. The van der Waals surface area contributed by atoms with Gasteiger partial charge in [0, 0.05) is 18.1 Å². The van der Waals surface area contributed by atoms with Gasteiger partial charge in [-0.05, 0) is 47.9 Å². The number of rotatable bonds is 10. The standard InChI is InChI=1S/C27H29ClN2O4/c1-19(27(32)29-17-20-7-5-4-6-8-20)30(18-21-9-12-23(28)13-10-21)26(31)16-22-11-14-24(33-2)25(15-22)34-3/h4-15,19H,16-18H2,1-3H3,(H,29,32)/t19-/m1/s1. The Morgan fingerprint density at radius 1 is 0.882 bits per heavy atom. The highest BCUT2D eigenvalue weighted by molar-refractivity contribution is 6.30. The number of carbonyl (C=O) groups is 2. The summed E-state index contributed by atoms with van der Waals surface area (Å²) in [5.41, 5.74) is 2.64. The van der Waals surface area contributed by atoms with E-state index >= 15 is 0 Å². The highest BCUT2D eigenvalue weighted by Crippen LogP contribution is 2.28. The van der Waals surface area contributed by atoms with E-state index in [0.29, 0.717) is 23.1 Å². The second kappa shape index (κ2) is 12.1. The minimum atomic E-state index is -0.674. The van der Waals surface area contributed by atoms with Crippen LogP contribution in [0.5, 0.6) is 11.5 Å². The number of ether oxygens (including phenoxy) is 2. The lowest BCUT2D eigenvalue weighted by Crippen LogP contribution is -2.48. The first-order chi connectivity index (χ1) is 16.4. The Hall–Kier alpha value is -3.51. The molecule has 3 aromatic carbocycles. The number of nitrogens with zero attached hydrogens (tertiary/aromatic N) is 1. The van der Waals surface area contributed by atoms with Crippen molar-refractivity contribution in [3.8, 4) is 11.5 Å². The van der Waals surface area contributed by atoms with Gasteiger partial charge in [0.2, 0.25) is 11.8 Å². The second-order valence-corrected chi connectivity index (χ2v) is 8.33. The van der Waals surface area contributed by atoms with Gasteiger partial charge in [-0.25, -0.2) is 0 Å². The zero-order valence-corrected chi connectivity index (χ0v) is 20.3. The second-order valence-electron chi connectivity index (χ2n) is 7.89. The third-order valence-electron chi connectivity index (χ3n) is 5.55. The van der Waals surface area contributed by atoms with Crippen LogP contribution in [0.1, 0.15) is 23.6 Å². The average Bonchev–Trinajstić information content (AvgIpc) is 2.86. The van der Waals surface area contributed by atoms with Gasteiger partial charge in [0.1, 0.15) is 6.04 Å². The van der Waals surface area contributed by atoms with Crippen LogP contribution in [0.2, 0.25) is 5.02 Å². The van der Waals surface area contributed by atoms with E-state index in [9.17, 15) is 9.59 Å². The van der Waals surface area contributed by atoms with Gasteiger partial charge < -0.3 is 19.7 Å². The molecule has 0 fully saturated rings. The lowest BCUT2D eigenvalue weighted by molar-refractivity contribution is -0.140. The summed E-state index contributed by atoms with van der Waals surface area (Å²) in [6.07, 6.45) is 0.115.